The zero-order chi connectivity index (χ0) is 13.4. The van der Waals surface area contributed by atoms with Crippen molar-refractivity contribution in [3.8, 4) is 0 Å². The summed E-state index contributed by atoms with van der Waals surface area (Å²) in [5.74, 6) is -0.277. The van der Waals surface area contributed by atoms with Gasteiger partial charge in [-0.05, 0) is 41.3 Å². The van der Waals surface area contributed by atoms with Gasteiger partial charge in [-0.1, -0.05) is 15.9 Å². The van der Waals surface area contributed by atoms with Crippen LogP contribution >= 0.6 is 38.6 Å². The molecule has 0 spiro atoms. The van der Waals surface area contributed by atoms with Crippen LogP contribution in [0.2, 0.25) is 0 Å². The summed E-state index contributed by atoms with van der Waals surface area (Å²) in [6.45, 7) is 0. The second kappa shape index (κ2) is 5.32. The number of thiophene rings is 2. The SMILES string of the molecule is OC(Cc1cc(Br)ccc1F)c1cc2sccc2s1. The molecule has 3 aromatic rings. The number of hydrogen-bond acceptors (Lipinski definition) is 3. The number of aliphatic hydroxyl groups is 1. The Morgan fingerprint density at radius 1 is 1.21 bits per heavy atom. The van der Waals surface area contributed by atoms with Crippen LogP contribution in [0, 0.1) is 5.82 Å². The van der Waals surface area contributed by atoms with Gasteiger partial charge in [0.1, 0.15) is 5.82 Å². The number of rotatable bonds is 3. The number of aliphatic hydroxyl groups excluding tert-OH is 1. The van der Waals surface area contributed by atoms with Crippen molar-refractivity contribution in [2.75, 3.05) is 0 Å². The highest BCUT2D eigenvalue weighted by atomic mass is 79.9. The van der Waals surface area contributed by atoms with Crippen molar-refractivity contribution in [2.45, 2.75) is 12.5 Å². The van der Waals surface area contributed by atoms with Gasteiger partial charge in [0.15, 0.2) is 0 Å². The fraction of sp³-hybridized carbons (Fsp3) is 0.143. The standard InChI is InChI=1S/C14H10BrFOS2/c15-9-1-2-10(16)8(5-9)6-11(17)13-7-14-12(19-13)3-4-18-14/h1-5,7,11,17H,6H2. The van der Waals surface area contributed by atoms with Crippen LogP contribution in [-0.4, -0.2) is 5.11 Å². The smallest absolute Gasteiger partial charge is 0.126 e. The second-order valence-corrected chi connectivity index (χ2v) is 7.23. The van der Waals surface area contributed by atoms with E-state index in [0.717, 1.165) is 9.35 Å². The van der Waals surface area contributed by atoms with Crippen molar-refractivity contribution < 1.29 is 9.50 Å². The molecule has 0 saturated carbocycles. The molecule has 1 atom stereocenters. The average Bonchev–Trinajstić information content (AvgIpc) is 2.94. The van der Waals surface area contributed by atoms with Gasteiger partial charge in [0.25, 0.3) is 0 Å². The molecule has 0 radical (unpaired) electrons. The maximum Gasteiger partial charge on any atom is 0.126 e. The maximum atomic E-state index is 13.7. The third-order valence-corrected chi connectivity index (χ3v) is 5.60. The summed E-state index contributed by atoms with van der Waals surface area (Å²) in [5, 5.41) is 12.3. The minimum atomic E-state index is -0.659. The summed E-state index contributed by atoms with van der Waals surface area (Å²) in [5.41, 5.74) is 0.527. The summed E-state index contributed by atoms with van der Waals surface area (Å²) in [6, 6.07) is 8.83. The van der Waals surface area contributed by atoms with Gasteiger partial charge in [-0.15, -0.1) is 22.7 Å². The lowest BCUT2D eigenvalue weighted by molar-refractivity contribution is 0.181. The summed E-state index contributed by atoms with van der Waals surface area (Å²) < 4.78 is 16.8. The number of hydrogen-bond donors (Lipinski definition) is 1. The Kier molecular flexibility index (Phi) is 3.71. The summed E-state index contributed by atoms with van der Waals surface area (Å²) in [6.07, 6.45) is -0.368. The van der Waals surface area contributed by atoms with Gasteiger partial charge < -0.3 is 5.11 Å². The first kappa shape index (κ1) is 13.2. The molecule has 0 aliphatic heterocycles. The van der Waals surface area contributed by atoms with Crippen LogP contribution in [0.4, 0.5) is 4.39 Å². The molecule has 2 heterocycles. The summed E-state index contributed by atoms with van der Waals surface area (Å²) in [4.78, 5) is 0.890. The van der Waals surface area contributed by atoms with Crippen molar-refractivity contribution >= 4 is 48.0 Å². The first-order valence-electron chi connectivity index (χ1n) is 5.72. The Balaban J connectivity index is 1.86. The van der Waals surface area contributed by atoms with E-state index in [1.54, 1.807) is 34.8 Å². The minimum Gasteiger partial charge on any atom is -0.387 e. The van der Waals surface area contributed by atoms with E-state index in [4.69, 9.17) is 0 Å². The highest BCUT2D eigenvalue weighted by molar-refractivity contribution is 9.10. The molecule has 0 bridgehead atoms. The fourth-order valence-electron chi connectivity index (χ4n) is 1.96. The molecular formula is C14H10BrFOS2. The zero-order valence-electron chi connectivity index (χ0n) is 9.77. The Bertz CT molecular complexity index is 691. The Labute approximate surface area is 126 Å². The second-order valence-electron chi connectivity index (χ2n) is 4.25. The maximum absolute atomic E-state index is 13.7. The minimum absolute atomic E-state index is 0.277. The van der Waals surface area contributed by atoms with Gasteiger partial charge in [-0.2, -0.15) is 0 Å². The molecule has 0 aliphatic carbocycles. The predicted molar refractivity (Wildman–Crippen MR) is 82.5 cm³/mol. The quantitative estimate of drug-likeness (QED) is 0.688. The summed E-state index contributed by atoms with van der Waals surface area (Å²) in [7, 11) is 0. The van der Waals surface area contributed by atoms with Gasteiger partial charge >= 0.3 is 0 Å². The molecule has 0 saturated heterocycles. The lowest BCUT2D eigenvalue weighted by Crippen LogP contribution is -2.01. The van der Waals surface area contributed by atoms with Crippen LogP contribution in [0.1, 0.15) is 16.5 Å². The lowest BCUT2D eigenvalue weighted by Gasteiger charge is -2.09. The molecule has 1 nitrogen and oxygen atoms in total. The molecular weight excluding hydrogens is 347 g/mol. The topological polar surface area (TPSA) is 20.2 Å². The number of fused-ring (bicyclic) bond motifs is 1. The predicted octanol–water partition coefficient (Wildman–Crippen LogP) is 5.14. The van der Waals surface area contributed by atoms with E-state index in [2.05, 4.69) is 15.9 Å². The van der Waals surface area contributed by atoms with E-state index < -0.39 is 6.10 Å². The van der Waals surface area contributed by atoms with Gasteiger partial charge in [0.2, 0.25) is 0 Å². The van der Waals surface area contributed by atoms with Crippen LogP contribution in [0.15, 0.2) is 40.2 Å². The van der Waals surface area contributed by atoms with Crippen LogP contribution in [0.5, 0.6) is 0 Å². The molecule has 3 rings (SSSR count). The summed E-state index contributed by atoms with van der Waals surface area (Å²) >= 11 is 6.54. The third kappa shape index (κ3) is 2.74. The first-order valence-corrected chi connectivity index (χ1v) is 8.21. The molecule has 0 amide bonds. The average molecular weight is 357 g/mol. The molecule has 1 unspecified atom stereocenters. The lowest BCUT2D eigenvalue weighted by atomic mass is 10.1. The van der Waals surface area contributed by atoms with Crippen LogP contribution in [0.3, 0.4) is 0 Å². The highest BCUT2D eigenvalue weighted by Crippen LogP contribution is 2.34. The third-order valence-electron chi connectivity index (χ3n) is 2.91. The van der Waals surface area contributed by atoms with Crippen molar-refractivity contribution in [2.24, 2.45) is 0 Å². The van der Waals surface area contributed by atoms with Crippen molar-refractivity contribution in [3.05, 3.63) is 56.4 Å². The molecule has 19 heavy (non-hydrogen) atoms. The van der Waals surface area contributed by atoms with E-state index in [1.807, 2.05) is 17.5 Å². The zero-order valence-corrected chi connectivity index (χ0v) is 13.0. The van der Waals surface area contributed by atoms with Crippen LogP contribution in [-0.2, 0) is 6.42 Å². The number of benzene rings is 1. The van der Waals surface area contributed by atoms with Crippen molar-refractivity contribution in [1.82, 2.24) is 0 Å². The van der Waals surface area contributed by atoms with Crippen LogP contribution in [0.25, 0.3) is 9.40 Å². The normalized spacial score (nSPS) is 13.0. The fourth-order valence-corrected chi connectivity index (χ4v) is 4.47. The van der Waals surface area contributed by atoms with E-state index in [-0.39, 0.29) is 5.82 Å². The number of halogens is 2. The molecule has 98 valence electrons. The van der Waals surface area contributed by atoms with E-state index in [0.29, 0.717) is 12.0 Å². The van der Waals surface area contributed by atoms with Gasteiger partial charge in [-0.25, -0.2) is 4.39 Å². The van der Waals surface area contributed by atoms with E-state index in [9.17, 15) is 9.50 Å². The molecule has 1 aromatic carbocycles. The largest absolute Gasteiger partial charge is 0.387 e. The molecule has 1 N–H and O–H groups in total. The van der Waals surface area contributed by atoms with E-state index >= 15 is 0 Å². The Hall–Kier alpha value is -0.750. The van der Waals surface area contributed by atoms with Crippen molar-refractivity contribution in [3.63, 3.8) is 0 Å². The van der Waals surface area contributed by atoms with Gasteiger partial charge in [0, 0.05) is 25.2 Å². The van der Waals surface area contributed by atoms with E-state index in [1.165, 1.54) is 15.5 Å². The first-order chi connectivity index (χ1) is 9.13. The molecule has 0 fully saturated rings. The van der Waals surface area contributed by atoms with Crippen LogP contribution < -0.4 is 0 Å². The van der Waals surface area contributed by atoms with Gasteiger partial charge in [-0.3, -0.25) is 0 Å². The highest BCUT2D eigenvalue weighted by Gasteiger charge is 2.15. The Morgan fingerprint density at radius 3 is 2.84 bits per heavy atom. The molecule has 5 heteroatoms. The monoisotopic (exact) mass is 356 g/mol. The molecule has 0 aliphatic rings. The van der Waals surface area contributed by atoms with Gasteiger partial charge in [0.05, 0.1) is 6.10 Å². The molecule has 2 aromatic heterocycles. The van der Waals surface area contributed by atoms with Crippen molar-refractivity contribution in [1.29, 1.82) is 0 Å². The Morgan fingerprint density at radius 2 is 2.05 bits per heavy atom.